The van der Waals surface area contributed by atoms with E-state index >= 15 is 0 Å². The van der Waals surface area contributed by atoms with Crippen LogP contribution in [-0.2, 0) is 11.0 Å². The van der Waals surface area contributed by atoms with Gasteiger partial charge in [-0.25, -0.2) is 0 Å². The maximum atomic E-state index is 13.5. The fourth-order valence-electron chi connectivity index (χ4n) is 7.31. The number of nitrogens with zero attached hydrogens (tertiary/aromatic N) is 2. The summed E-state index contributed by atoms with van der Waals surface area (Å²) >= 11 is 12.9. The third-order valence-corrected chi connectivity index (χ3v) is 10.6. The molecule has 1 N–H and O–H groups in total. The SMILES string of the molecule is CCCCCNC1(c2ccccc2)CCN(CCCC2(c3ccc(Cl)c(Cl)c3)CCCN(C(=O)c3ccccc3)C2)CC1. The Morgan fingerprint density at radius 3 is 2.23 bits per heavy atom. The van der Waals surface area contributed by atoms with Gasteiger partial charge in [-0.3, -0.25) is 4.79 Å². The van der Waals surface area contributed by atoms with Crippen molar-refractivity contribution in [2.75, 3.05) is 39.3 Å². The molecule has 1 atom stereocenters. The number of unbranched alkanes of at least 4 members (excludes halogenated alkanes) is 2. The molecule has 3 aromatic carbocycles. The minimum Gasteiger partial charge on any atom is -0.338 e. The molecule has 2 saturated heterocycles. The van der Waals surface area contributed by atoms with Crippen molar-refractivity contribution in [3.63, 3.8) is 0 Å². The molecule has 0 bridgehead atoms. The number of likely N-dealkylation sites (tertiary alicyclic amines) is 2. The van der Waals surface area contributed by atoms with E-state index in [1.807, 2.05) is 42.5 Å². The maximum Gasteiger partial charge on any atom is 0.253 e. The summed E-state index contributed by atoms with van der Waals surface area (Å²) in [6, 6.07) is 26.8. The van der Waals surface area contributed by atoms with Crippen molar-refractivity contribution in [2.45, 2.75) is 75.7 Å². The van der Waals surface area contributed by atoms with E-state index in [9.17, 15) is 4.79 Å². The van der Waals surface area contributed by atoms with Gasteiger partial charge >= 0.3 is 0 Å². The number of carbonyl (C=O) groups excluding carboxylic acids is 1. The van der Waals surface area contributed by atoms with Crippen molar-refractivity contribution in [2.24, 2.45) is 0 Å². The molecule has 0 saturated carbocycles. The lowest BCUT2D eigenvalue weighted by Gasteiger charge is -2.45. The Kier molecular flexibility index (Phi) is 11.2. The predicted octanol–water partition coefficient (Wildman–Crippen LogP) is 8.72. The monoisotopic (exact) mass is 619 g/mol. The lowest BCUT2D eigenvalue weighted by atomic mass is 9.70. The average molecular weight is 621 g/mol. The van der Waals surface area contributed by atoms with Crippen LogP contribution < -0.4 is 5.32 Å². The van der Waals surface area contributed by atoms with Gasteiger partial charge in [-0.05, 0) is 93.4 Å². The second kappa shape index (κ2) is 15.1. The summed E-state index contributed by atoms with van der Waals surface area (Å²) in [6.45, 7) is 8.09. The van der Waals surface area contributed by atoms with Gasteiger partial charge in [-0.15, -0.1) is 0 Å². The van der Waals surface area contributed by atoms with Crippen molar-refractivity contribution in [3.8, 4) is 0 Å². The van der Waals surface area contributed by atoms with Gasteiger partial charge in [-0.1, -0.05) is 97.6 Å². The minimum absolute atomic E-state index is 0.0639. The second-order valence-electron chi connectivity index (χ2n) is 12.6. The highest BCUT2D eigenvalue weighted by Gasteiger charge is 2.40. The van der Waals surface area contributed by atoms with Gasteiger partial charge in [0.2, 0.25) is 0 Å². The predicted molar refractivity (Wildman–Crippen MR) is 180 cm³/mol. The van der Waals surface area contributed by atoms with Crippen LogP contribution in [0.3, 0.4) is 0 Å². The number of carbonyl (C=O) groups is 1. The third-order valence-electron chi connectivity index (χ3n) is 9.83. The molecular weight excluding hydrogens is 573 g/mol. The molecule has 230 valence electrons. The summed E-state index contributed by atoms with van der Waals surface area (Å²) in [5.74, 6) is 0.115. The number of nitrogens with one attached hydrogen (secondary N) is 1. The van der Waals surface area contributed by atoms with Crippen molar-refractivity contribution in [1.82, 2.24) is 15.1 Å². The quantitative estimate of drug-likeness (QED) is 0.206. The number of piperidine rings is 2. The van der Waals surface area contributed by atoms with Crippen LogP contribution in [0.15, 0.2) is 78.9 Å². The number of rotatable bonds is 12. The van der Waals surface area contributed by atoms with E-state index < -0.39 is 0 Å². The molecule has 0 aliphatic carbocycles. The molecule has 2 heterocycles. The number of halogens is 2. The van der Waals surface area contributed by atoms with E-state index in [1.54, 1.807) is 0 Å². The Labute approximate surface area is 268 Å². The topological polar surface area (TPSA) is 35.6 Å². The van der Waals surface area contributed by atoms with Crippen molar-refractivity contribution in [3.05, 3.63) is 106 Å². The van der Waals surface area contributed by atoms with Crippen molar-refractivity contribution < 1.29 is 4.79 Å². The van der Waals surface area contributed by atoms with E-state index in [0.29, 0.717) is 16.6 Å². The molecule has 43 heavy (non-hydrogen) atoms. The number of benzene rings is 3. The minimum atomic E-state index is -0.138. The first-order valence-electron chi connectivity index (χ1n) is 16.3. The van der Waals surface area contributed by atoms with Crippen LogP contribution in [0.2, 0.25) is 10.0 Å². The number of amides is 1. The van der Waals surface area contributed by atoms with Crippen LogP contribution in [0.1, 0.15) is 86.2 Å². The zero-order valence-electron chi connectivity index (χ0n) is 25.7. The lowest BCUT2D eigenvalue weighted by molar-refractivity contribution is 0.0616. The number of hydrogen-bond acceptors (Lipinski definition) is 3. The molecule has 4 nitrogen and oxygen atoms in total. The standard InChI is InChI=1S/C37H47Cl2N3O/c1-2-3-10-23-40-37(31-15-8-5-9-16-31)21-26-41(27-22-37)24-11-19-36(32-17-18-33(38)34(39)28-32)20-12-25-42(29-36)35(43)30-13-6-4-7-14-30/h4-9,13-18,28,40H,2-3,10-12,19-27,29H2,1H3. The van der Waals surface area contributed by atoms with E-state index in [4.69, 9.17) is 23.2 Å². The van der Waals surface area contributed by atoms with Crippen LogP contribution in [-0.4, -0.2) is 55.0 Å². The Bertz CT molecular complexity index is 1310. The van der Waals surface area contributed by atoms with Gasteiger partial charge in [0, 0.05) is 42.7 Å². The Balaban J connectivity index is 1.26. The highest BCUT2D eigenvalue weighted by molar-refractivity contribution is 6.42. The van der Waals surface area contributed by atoms with E-state index in [0.717, 1.165) is 76.8 Å². The van der Waals surface area contributed by atoms with Gasteiger partial charge in [0.15, 0.2) is 0 Å². The fourth-order valence-corrected chi connectivity index (χ4v) is 7.60. The summed E-state index contributed by atoms with van der Waals surface area (Å²) in [5.41, 5.74) is 3.31. The smallest absolute Gasteiger partial charge is 0.253 e. The molecule has 0 aromatic heterocycles. The van der Waals surface area contributed by atoms with E-state index in [2.05, 4.69) is 58.4 Å². The van der Waals surface area contributed by atoms with Crippen molar-refractivity contribution >= 4 is 29.1 Å². The van der Waals surface area contributed by atoms with Crippen LogP contribution in [0.25, 0.3) is 0 Å². The Morgan fingerprint density at radius 1 is 0.814 bits per heavy atom. The largest absolute Gasteiger partial charge is 0.338 e. The van der Waals surface area contributed by atoms with Crippen LogP contribution in [0, 0.1) is 0 Å². The van der Waals surface area contributed by atoms with Crippen LogP contribution in [0.4, 0.5) is 0 Å². The summed E-state index contributed by atoms with van der Waals surface area (Å²) in [7, 11) is 0. The Hall–Kier alpha value is -2.37. The van der Waals surface area contributed by atoms with Crippen molar-refractivity contribution in [1.29, 1.82) is 0 Å². The number of hydrogen-bond donors (Lipinski definition) is 1. The molecule has 2 aliphatic rings. The van der Waals surface area contributed by atoms with E-state index in [1.165, 1.54) is 30.4 Å². The molecule has 1 amide bonds. The third kappa shape index (κ3) is 7.84. The molecular formula is C37H47Cl2N3O. The zero-order chi connectivity index (χ0) is 30.1. The summed E-state index contributed by atoms with van der Waals surface area (Å²) < 4.78 is 0. The highest BCUT2D eigenvalue weighted by atomic mass is 35.5. The first-order chi connectivity index (χ1) is 20.9. The van der Waals surface area contributed by atoms with E-state index in [-0.39, 0.29) is 16.9 Å². The zero-order valence-corrected chi connectivity index (χ0v) is 27.2. The van der Waals surface area contributed by atoms with Gasteiger partial charge < -0.3 is 15.1 Å². The van der Waals surface area contributed by atoms with Gasteiger partial charge in [0.25, 0.3) is 5.91 Å². The molecule has 0 spiro atoms. The molecule has 6 heteroatoms. The molecule has 5 rings (SSSR count). The molecule has 1 unspecified atom stereocenters. The Morgan fingerprint density at radius 2 is 1.53 bits per heavy atom. The normalized spacial score (nSPS) is 20.7. The lowest BCUT2D eigenvalue weighted by Crippen LogP contribution is -2.52. The molecule has 3 aromatic rings. The maximum absolute atomic E-state index is 13.5. The van der Waals surface area contributed by atoms with Crippen LogP contribution in [0.5, 0.6) is 0 Å². The summed E-state index contributed by atoms with van der Waals surface area (Å²) in [4.78, 5) is 18.2. The first kappa shape index (κ1) is 32.0. The fraction of sp³-hybridized carbons (Fsp3) is 0.486. The highest BCUT2D eigenvalue weighted by Crippen LogP contribution is 2.41. The van der Waals surface area contributed by atoms with Gasteiger partial charge in [0.1, 0.15) is 0 Å². The molecule has 2 aliphatic heterocycles. The average Bonchev–Trinajstić information content (AvgIpc) is 3.06. The summed E-state index contributed by atoms with van der Waals surface area (Å²) in [5, 5.41) is 5.16. The molecule has 2 fully saturated rings. The summed E-state index contributed by atoms with van der Waals surface area (Å²) in [6.07, 6.45) is 10.1. The van der Waals surface area contributed by atoms with Crippen LogP contribution >= 0.6 is 23.2 Å². The molecule has 0 radical (unpaired) electrons. The second-order valence-corrected chi connectivity index (χ2v) is 13.4. The first-order valence-corrected chi connectivity index (χ1v) is 17.0. The van der Waals surface area contributed by atoms with Gasteiger partial charge in [0.05, 0.1) is 10.0 Å². The van der Waals surface area contributed by atoms with Gasteiger partial charge in [-0.2, -0.15) is 0 Å².